The predicted molar refractivity (Wildman–Crippen MR) is 33.1 cm³/mol. The van der Waals surface area contributed by atoms with Gasteiger partial charge in [-0.05, 0) is 5.16 Å². The van der Waals surface area contributed by atoms with Crippen LogP contribution in [0.4, 0.5) is 0 Å². The summed E-state index contributed by atoms with van der Waals surface area (Å²) in [6.07, 6.45) is 0. The van der Waals surface area contributed by atoms with E-state index in [1.165, 1.54) is 20.8 Å². The minimum absolute atomic E-state index is 0. The number of hydrogen-bond donors (Lipinski definition) is 0. The van der Waals surface area contributed by atoms with Gasteiger partial charge >= 0.3 is 23.1 Å². The van der Waals surface area contributed by atoms with Crippen LogP contribution in [0.1, 0.15) is 20.8 Å². The van der Waals surface area contributed by atoms with Gasteiger partial charge < -0.3 is 14.4 Å². The molecule has 0 unspecified atom stereocenters. The summed E-state index contributed by atoms with van der Waals surface area (Å²) in [6, 6.07) is 0. The molecule has 5 heteroatoms. The van der Waals surface area contributed by atoms with Crippen LogP contribution in [0.2, 0.25) is 0 Å². The van der Waals surface area contributed by atoms with Gasteiger partial charge in [-0.3, -0.25) is 0 Å². The zero-order valence-electron chi connectivity index (χ0n) is 5.88. The van der Waals surface area contributed by atoms with E-state index in [0.29, 0.717) is 0 Å². The normalized spacial score (nSPS) is 12.6. The molecule has 0 N–H and O–H groups in total. The largest absolute Gasteiger partial charge is 2.00 e. The smallest absolute Gasteiger partial charge is 0.810 e. The molecule has 0 aromatic rings. The van der Waals surface area contributed by atoms with Crippen LogP contribution in [0, 0.1) is 0 Å². The molecule has 0 heterocycles. The average molecular weight is 160 g/mol. The van der Waals surface area contributed by atoms with Crippen molar-refractivity contribution < 1.29 is 14.4 Å². The second kappa shape index (κ2) is 3.35. The molecular formula is C4H9MgO3P. The second-order valence-corrected chi connectivity index (χ2v) is 5.00. The summed E-state index contributed by atoms with van der Waals surface area (Å²) < 4.78 is 10.1. The quantitative estimate of drug-likeness (QED) is 0.348. The van der Waals surface area contributed by atoms with Crippen LogP contribution in [0.3, 0.4) is 0 Å². The molecule has 3 nitrogen and oxygen atoms in total. The van der Waals surface area contributed by atoms with E-state index >= 15 is 0 Å². The third kappa shape index (κ3) is 4.34. The van der Waals surface area contributed by atoms with Crippen LogP contribution < -0.4 is 9.79 Å². The molecule has 0 bridgehead atoms. The van der Waals surface area contributed by atoms with Crippen molar-refractivity contribution >= 4 is 30.6 Å². The van der Waals surface area contributed by atoms with Crippen LogP contribution in [0.25, 0.3) is 0 Å². The van der Waals surface area contributed by atoms with Crippen LogP contribution in [-0.2, 0) is 4.57 Å². The third-order valence-corrected chi connectivity index (χ3v) is 2.46. The van der Waals surface area contributed by atoms with Crippen molar-refractivity contribution in [2.45, 2.75) is 25.9 Å². The van der Waals surface area contributed by atoms with E-state index in [4.69, 9.17) is 0 Å². The summed E-state index contributed by atoms with van der Waals surface area (Å²) in [5.41, 5.74) is 0. The Kier molecular flexibility index (Phi) is 4.68. The summed E-state index contributed by atoms with van der Waals surface area (Å²) >= 11 is 0. The summed E-state index contributed by atoms with van der Waals surface area (Å²) in [4.78, 5) is 20.2. The molecule has 0 radical (unpaired) electrons. The summed E-state index contributed by atoms with van der Waals surface area (Å²) in [5.74, 6) is 0. The van der Waals surface area contributed by atoms with E-state index < -0.39 is 12.8 Å². The van der Waals surface area contributed by atoms with E-state index in [9.17, 15) is 14.4 Å². The van der Waals surface area contributed by atoms with Crippen molar-refractivity contribution in [2.24, 2.45) is 0 Å². The van der Waals surface area contributed by atoms with Gasteiger partial charge in [0.05, 0.1) is 0 Å². The van der Waals surface area contributed by atoms with Gasteiger partial charge in [0.2, 0.25) is 0 Å². The fraction of sp³-hybridized carbons (Fsp3) is 1.00. The average Bonchev–Trinajstić information content (AvgIpc) is 1.25. The Labute approximate surface area is 71.2 Å². The molecule has 0 aliphatic rings. The van der Waals surface area contributed by atoms with Gasteiger partial charge in [0, 0.05) is 0 Å². The maximum absolute atomic E-state index is 10.1. The first-order valence-electron chi connectivity index (χ1n) is 2.27. The SMILES string of the molecule is CC(C)(C)P(=O)([O-])[O-].[Mg+2]. The fourth-order valence-electron chi connectivity index (χ4n) is 0. The number of hydrogen-bond acceptors (Lipinski definition) is 3. The minimum Gasteiger partial charge on any atom is -0.810 e. The Morgan fingerprint density at radius 3 is 1.33 bits per heavy atom. The van der Waals surface area contributed by atoms with Crippen molar-refractivity contribution in [3.05, 3.63) is 0 Å². The topological polar surface area (TPSA) is 63.2 Å². The Hall–Kier alpha value is 0.916. The van der Waals surface area contributed by atoms with Gasteiger partial charge in [0.15, 0.2) is 0 Å². The molecule has 0 aliphatic carbocycles. The zero-order chi connectivity index (χ0) is 7.00. The van der Waals surface area contributed by atoms with Crippen molar-refractivity contribution in [2.75, 3.05) is 0 Å². The molecule has 0 atom stereocenters. The zero-order valence-corrected chi connectivity index (χ0v) is 8.19. The van der Waals surface area contributed by atoms with Gasteiger partial charge in [0.25, 0.3) is 0 Å². The molecule has 50 valence electrons. The first-order valence-corrected chi connectivity index (χ1v) is 3.81. The standard InChI is InChI=1S/C4H11O3P.Mg/c1-4(2,3)8(5,6)7;/h1-3H3,(H2,5,6,7);/q;+2/p-2. The van der Waals surface area contributed by atoms with E-state index in [0.717, 1.165) is 0 Å². The molecular weight excluding hydrogens is 151 g/mol. The van der Waals surface area contributed by atoms with E-state index in [-0.39, 0.29) is 23.1 Å². The Balaban J connectivity index is 0. The molecule has 0 amide bonds. The predicted octanol–water partition coefficient (Wildman–Crippen LogP) is -0.682. The molecule has 0 aliphatic heterocycles. The molecule has 0 saturated heterocycles. The maximum atomic E-state index is 10.1. The van der Waals surface area contributed by atoms with Crippen molar-refractivity contribution in [1.82, 2.24) is 0 Å². The first-order chi connectivity index (χ1) is 3.25. The number of rotatable bonds is 0. The van der Waals surface area contributed by atoms with Crippen LogP contribution in [0.15, 0.2) is 0 Å². The van der Waals surface area contributed by atoms with E-state index in [1.807, 2.05) is 0 Å². The Morgan fingerprint density at radius 1 is 1.22 bits per heavy atom. The first kappa shape index (κ1) is 12.6. The summed E-state index contributed by atoms with van der Waals surface area (Å²) in [7, 11) is -4.35. The van der Waals surface area contributed by atoms with Gasteiger partial charge in [-0.2, -0.15) is 0 Å². The fourth-order valence-corrected chi connectivity index (χ4v) is 0. The van der Waals surface area contributed by atoms with Gasteiger partial charge in [-0.25, -0.2) is 0 Å². The third-order valence-electron chi connectivity index (χ3n) is 0.822. The molecule has 0 rings (SSSR count). The van der Waals surface area contributed by atoms with Crippen molar-refractivity contribution in [3.63, 3.8) is 0 Å². The van der Waals surface area contributed by atoms with Gasteiger partial charge in [-0.1, -0.05) is 28.4 Å². The van der Waals surface area contributed by atoms with E-state index in [1.54, 1.807) is 0 Å². The molecule has 0 fully saturated rings. The van der Waals surface area contributed by atoms with E-state index in [2.05, 4.69) is 0 Å². The molecule has 0 aromatic carbocycles. The molecule has 9 heavy (non-hydrogen) atoms. The summed E-state index contributed by atoms with van der Waals surface area (Å²) in [6.45, 7) is 4.15. The van der Waals surface area contributed by atoms with Crippen LogP contribution in [0.5, 0.6) is 0 Å². The molecule has 0 aromatic heterocycles. The van der Waals surface area contributed by atoms with Crippen LogP contribution >= 0.6 is 7.60 Å². The van der Waals surface area contributed by atoms with Crippen molar-refractivity contribution in [1.29, 1.82) is 0 Å². The van der Waals surface area contributed by atoms with Crippen molar-refractivity contribution in [3.8, 4) is 0 Å². The summed E-state index contributed by atoms with van der Waals surface area (Å²) in [5, 5.41) is -1.12. The monoisotopic (exact) mass is 160 g/mol. The Morgan fingerprint density at radius 2 is 1.33 bits per heavy atom. The Bertz CT molecular complexity index is 122. The van der Waals surface area contributed by atoms with Gasteiger partial charge in [-0.15, -0.1) is 0 Å². The molecule has 0 saturated carbocycles. The van der Waals surface area contributed by atoms with Gasteiger partial charge in [0.1, 0.15) is 0 Å². The minimum atomic E-state index is -4.35. The second-order valence-electron chi connectivity index (χ2n) is 2.67. The maximum Gasteiger partial charge on any atom is 2.00 e. The van der Waals surface area contributed by atoms with Crippen LogP contribution in [-0.4, -0.2) is 28.2 Å². The molecule has 0 spiro atoms.